The Kier molecular flexibility index (Phi) is 2.86. The Labute approximate surface area is 97.0 Å². The fourth-order valence-corrected chi connectivity index (χ4v) is 1.67. The highest BCUT2D eigenvalue weighted by molar-refractivity contribution is 5.91. The molecule has 0 spiro atoms. The summed E-state index contributed by atoms with van der Waals surface area (Å²) in [7, 11) is 0. The van der Waals surface area contributed by atoms with Crippen LogP contribution < -0.4 is 11.1 Å². The van der Waals surface area contributed by atoms with Gasteiger partial charge in [-0.2, -0.15) is 5.10 Å². The number of amides is 2. The van der Waals surface area contributed by atoms with Gasteiger partial charge in [-0.1, -0.05) is 0 Å². The van der Waals surface area contributed by atoms with Crippen LogP contribution in [0.1, 0.15) is 10.5 Å². The summed E-state index contributed by atoms with van der Waals surface area (Å²) in [5, 5.41) is 15.3. The largest absolute Gasteiger partial charge is 0.476 e. The minimum Gasteiger partial charge on any atom is -0.476 e. The zero-order valence-corrected chi connectivity index (χ0v) is 9.09. The van der Waals surface area contributed by atoms with Crippen molar-refractivity contribution >= 4 is 17.7 Å². The van der Waals surface area contributed by atoms with Crippen LogP contribution in [-0.2, 0) is 6.54 Å². The minimum atomic E-state index is -1.15. The summed E-state index contributed by atoms with van der Waals surface area (Å²) in [6.45, 7) is 2.19. The summed E-state index contributed by atoms with van der Waals surface area (Å²) >= 11 is 0. The fraction of sp³-hybridized carbons (Fsp3) is 0.444. The number of hydrogen-bond donors (Lipinski definition) is 3. The Bertz CT molecular complexity index is 455. The van der Waals surface area contributed by atoms with Crippen molar-refractivity contribution < 1.29 is 14.7 Å². The molecule has 0 atom stereocenters. The summed E-state index contributed by atoms with van der Waals surface area (Å²) in [5.74, 6) is -1.15. The summed E-state index contributed by atoms with van der Waals surface area (Å²) < 4.78 is 1.43. The molecule has 2 amide bonds. The lowest BCUT2D eigenvalue weighted by molar-refractivity contribution is 0.0690. The molecule has 0 radical (unpaired) electrons. The van der Waals surface area contributed by atoms with Crippen LogP contribution in [0.2, 0.25) is 0 Å². The Balaban J connectivity index is 1.97. The standard InChI is InChI=1S/C9H13N5O3/c10-6-5-14(12-7(6)8(15)16)4-3-13-2-1-11-9(13)17/h5H,1-4,10H2,(H,11,17)(H,15,16). The van der Waals surface area contributed by atoms with Crippen LogP contribution >= 0.6 is 0 Å². The lowest BCUT2D eigenvalue weighted by atomic mass is 10.4. The molecule has 1 saturated heterocycles. The number of aromatic carboxylic acids is 1. The molecule has 1 aromatic heterocycles. The summed E-state index contributed by atoms with van der Waals surface area (Å²) in [5.41, 5.74) is 5.47. The molecule has 0 saturated carbocycles. The molecule has 92 valence electrons. The van der Waals surface area contributed by atoms with E-state index in [0.29, 0.717) is 26.2 Å². The number of carbonyl (C=O) groups excluding carboxylic acids is 1. The van der Waals surface area contributed by atoms with Gasteiger partial charge in [0.1, 0.15) is 0 Å². The van der Waals surface area contributed by atoms with Gasteiger partial charge in [0, 0.05) is 25.8 Å². The molecule has 1 fully saturated rings. The van der Waals surface area contributed by atoms with Crippen molar-refractivity contribution in [1.82, 2.24) is 20.0 Å². The van der Waals surface area contributed by atoms with Gasteiger partial charge in [0.2, 0.25) is 0 Å². The molecular weight excluding hydrogens is 226 g/mol. The Hall–Kier alpha value is -2.25. The lowest BCUT2D eigenvalue weighted by Gasteiger charge is -2.13. The third-order valence-electron chi connectivity index (χ3n) is 2.54. The summed E-state index contributed by atoms with van der Waals surface area (Å²) in [6.07, 6.45) is 1.46. The highest BCUT2D eigenvalue weighted by Gasteiger charge is 2.19. The van der Waals surface area contributed by atoms with E-state index in [0.717, 1.165) is 0 Å². The van der Waals surface area contributed by atoms with Gasteiger partial charge >= 0.3 is 12.0 Å². The topological polar surface area (TPSA) is 113 Å². The van der Waals surface area contributed by atoms with Crippen LogP contribution in [0.4, 0.5) is 10.5 Å². The number of nitrogens with two attached hydrogens (primary N) is 1. The van der Waals surface area contributed by atoms with Gasteiger partial charge in [0.25, 0.3) is 0 Å². The Morgan fingerprint density at radius 3 is 2.88 bits per heavy atom. The number of nitrogens with one attached hydrogen (secondary N) is 1. The molecule has 4 N–H and O–H groups in total. The van der Waals surface area contributed by atoms with Crippen LogP contribution in [0.5, 0.6) is 0 Å². The number of carboxylic acids is 1. The van der Waals surface area contributed by atoms with Gasteiger partial charge in [0.15, 0.2) is 5.69 Å². The maximum absolute atomic E-state index is 11.2. The van der Waals surface area contributed by atoms with Crippen molar-refractivity contribution in [2.75, 3.05) is 25.4 Å². The lowest BCUT2D eigenvalue weighted by Crippen LogP contribution is -2.31. The van der Waals surface area contributed by atoms with Crippen molar-refractivity contribution in [1.29, 1.82) is 0 Å². The zero-order valence-electron chi connectivity index (χ0n) is 9.09. The first kappa shape index (κ1) is 11.2. The first-order chi connectivity index (χ1) is 8.08. The smallest absolute Gasteiger partial charge is 0.358 e. The van der Waals surface area contributed by atoms with E-state index in [1.165, 1.54) is 10.9 Å². The molecule has 8 heteroatoms. The van der Waals surface area contributed by atoms with Crippen LogP contribution in [0.25, 0.3) is 0 Å². The molecule has 0 unspecified atom stereocenters. The third kappa shape index (κ3) is 2.30. The van der Waals surface area contributed by atoms with Crippen LogP contribution in [-0.4, -0.2) is 51.4 Å². The van der Waals surface area contributed by atoms with Crippen molar-refractivity contribution in [2.45, 2.75) is 6.54 Å². The molecule has 1 aliphatic rings. The van der Waals surface area contributed by atoms with E-state index in [4.69, 9.17) is 10.8 Å². The Morgan fingerprint density at radius 1 is 1.59 bits per heavy atom. The predicted octanol–water partition coefficient (Wildman–Crippen LogP) is -0.811. The molecule has 2 heterocycles. The molecule has 1 aromatic rings. The number of anilines is 1. The normalized spacial score (nSPS) is 15.1. The quantitative estimate of drug-likeness (QED) is 0.635. The second-order valence-corrected chi connectivity index (χ2v) is 3.72. The molecule has 2 rings (SSSR count). The van der Waals surface area contributed by atoms with Gasteiger partial charge < -0.3 is 21.1 Å². The number of carbonyl (C=O) groups is 2. The van der Waals surface area contributed by atoms with E-state index in [1.807, 2.05) is 0 Å². The van der Waals surface area contributed by atoms with Gasteiger partial charge in [-0.3, -0.25) is 4.68 Å². The van der Waals surface area contributed by atoms with Gasteiger partial charge in [-0.15, -0.1) is 0 Å². The van der Waals surface area contributed by atoms with Crippen molar-refractivity contribution in [3.05, 3.63) is 11.9 Å². The average Bonchev–Trinajstić information content (AvgIpc) is 2.82. The van der Waals surface area contributed by atoms with E-state index < -0.39 is 5.97 Å². The maximum Gasteiger partial charge on any atom is 0.358 e. The number of urea groups is 1. The number of carboxylic acid groups (broad SMARTS) is 1. The highest BCUT2D eigenvalue weighted by atomic mass is 16.4. The molecule has 0 aromatic carbocycles. The van der Waals surface area contributed by atoms with E-state index >= 15 is 0 Å². The van der Waals surface area contributed by atoms with E-state index in [-0.39, 0.29) is 17.4 Å². The second-order valence-electron chi connectivity index (χ2n) is 3.72. The first-order valence-corrected chi connectivity index (χ1v) is 5.17. The van der Waals surface area contributed by atoms with Crippen LogP contribution in [0.3, 0.4) is 0 Å². The second kappa shape index (κ2) is 4.32. The monoisotopic (exact) mass is 239 g/mol. The molecular formula is C9H13N5O3. The molecule has 0 bridgehead atoms. The minimum absolute atomic E-state index is 0.108. The predicted molar refractivity (Wildman–Crippen MR) is 58.6 cm³/mol. The fourth-order valence-electron chi connectivity index (χ4n) is 1.67. The van der Waals surface area contributed by atoms with Crippen molar-refractivity contribution in [3.63, 3.8) is 0 Å². The number of nitrogen functional groups attached to an aromatic ring is 1. The first-order valence-electron chi connectivity index (χ1n) is 5.17. The highest BCUT2D eigenvalue weighted by Crippen LogP contribution is 2.09. The number of aromatic nitrogens is 2. The summed E-state index contributed by atoms with van der Waals surface area (Å²) in [6, 6.07) is -0.108. The van der Waals surface area contributed by atoms with E-state index in [1.54, 1.807) is 4.90 Å². The number of rotatable bonds is 4. The number of nitrogens with zero attached hydrogens (tertiary/aromatic N) is 3. The van der Waals surface area contributed by atoms with Gasteiger partial charge in [-0.05, 0) is 0 Å². The molecule has 0 aliphatic carbocycles. The van der Waals surface area contributed by atoms with E-state index in [9.17, 15) is 9.59 Å². The Morgan fingerprint density at radius 2 is 2.35 bits per heavy atom. The molecule has 8 nitrogen and oxygen atoms in total. The van der Waals surface area contributed by atoms with Crippen LogP contribution in [0, 0.1) is 0 Å². The SMILES string of the molecule is Nc1cn(CCN2CCNC2=O)nc1C(=O)O. The zero-order chi connectivity index (χ0) is 12.4. The van der Waals surface area contributed by atoms with Crippen molar-refractivity contribution in [3.8, 4) is 0 Å². The van der Waals surface area contributed by atoms with Gasteiger partial charge in [-0.25, -0.2) is 9.59 Å². The molecule has 1 aliphatic heterocycles. The van der Waals surface area contributed by atoms with E-state index in [2.05, 4.69) is 10.4 Å². The average molecular weight is 239 g/mol. The number of hydrogen-bond acceptors (Lipinski definition) is 4. The maximum atomic E-state index is 11.2. The molecule has 17 heavy (non-hydrogen) atoms. The van der Waals surface area contributed by atoms with Crippen LogP contribution in [0.15, 0.2) is 6.20 Å². The van der Waals surface area contributed by atoms with Crippen molar-refractivity contribution in [2.24, 2.45) is 0 Å². The van der Waals surface area contributed by atoms with Gasteiger partial charge in [0.05, 0.1) is 12.2 Å². The third-order valence-corrected chi connectivity index (χ3v) is 2.54. The summed E-state index contributed by atoms with van der Waals surface area (Å²) in [4.78, 5) is 23.6.